The van der Waals surface area contributed by atoms with Crippen molar-refractivity contribution in [2.75, 3.05) is 12.4 Å². The summed E-state index contributed by atoms with van der Waals surface area (Å²) in [6, 6.07) is 10.9. The predicted molar refractivity (Wildman–Crippen MR) is 64.9 cm³/mol. The van der Waals surface area contributed by atoms with Gasteiger partial charge in [0.05, 0.1) is 5.41 Å². The third-order valence-corrected chi connectivity index (χ3v) is 3.60. The molecule has 4 nitrogen and oxygen atoms in total. The van der Waals surface area contributed by atoms with Crippen LogP contribution in [0.25, 0.3) is 0 Å². The molecule has 0 saturated heterocycles. The van der Waals surface area contributed by atoms with E-state index in [4.69, 9.17) is 4.52 Å². The zero-order valence-corrected chi connectivity index (χ0v) is 9.81. The van der Waals surface area contributed by atoms with Crippen LogP contribution >= 0.6 is 0 Å². The van der Waals surface area contributed by atoms with Crippen LogP contribution in [-0.2, 0) is 5.41 Å². The second-order valence-corrected chi connectivity index (χ2v) is 4.47. The summed E-state index contributed by atoms with van der Waals surface area (Å²) in [5, 5.41) is 6.99. The number of aromatic nitrogens is 2. The second kappa shape index (κ2) is 3.87. The van der Waals surface area contributed by atoms with Gasteiger partial charge in [-0.15, -0.1) is 0 Å². The molecule has 1 aromatic carbocycles. The zero-order valence-electron chi connectivity index (χ0n) is 9.81. The van der Waals surface area contributed by atoms with E-state index in [0.29, 0.717) is 6.01 Å². The minimum absolute atomic E-state index is 0.0279. The lowest BCUT2D eigenvalue weighted by Gasteiger charge is -2.39. The average molecular weight is 229 g/mol. The van der Waals surface area contributed by atoms with Gasteiger partial charge in [0, 0.05) is 7.05 Å². The number of nitrogens with zero attached hydrogens (tertiary/aromatic N) is 2. The molecule has 0 atom stereocenters. The van der Waals surface area contributed by atoms with Crippen molar-refractivity contribution in [2.24, 2.45) is 0 Å². The molecule has 1 aliphatic rings. The van der Waals surface area contributed by atoms with Crippen LogP contribution < -0.4 is 5.32 Å². The maximum absolute atomic E-state index is 5.14. The minimum Gasteiger partial charge on any atom is -0.341 e. The van der Waals surface area contributed by atoms with Crippen LogP contribution in [0.3, 0.4) is 0 Å². The number of anilines is 1. The van der Waals surface area contributed by atoms with Crippen molar-refractivity contribution in [2.45, 2.75) is 24.7 Å². The lowest BCUT2D eigenvalue weighted by atomic mass is 9.64. The molecule has 0 aliphatic heterocycles. The van der Waals surface area contributed by atoms with Crippen molar-refractivity contribution < 1.29 is 4.52 Å². The van der Waals surface area contributed by atoms with Crippen LogP contribution in [0.4, 0.5) is 6.01 Å². The van der Waals surface area contributed by atoms with E-state index in [1.807, 2.05) is 6.07 Å². The topological polar surface area (TPSA) is 51.0 Å². The lowest BCUT2D eigenvalue weighted by molar-refractivity contribution is 0.273. The first-order valence-electron chi connectivity index (χ1n) is 5.93. The Morgan fingerprint density at radius 1 is 1.24 bits per heavy atom. The molecule has 3 rings (SSSR count). The Hall–Kier alpha value is -1.84. The first kappa shape index (κ1) is 10.3. The molecule has 1 fully saturated rings. The van der Waals surface area contributed by atoms with E-state index < -0.39 is 0 Å². The first-order chi connectivity index (χ1) is 8.35. The van der Waals surface area contributed by atoms with Crippen LogP contribution in [0.1, 0.15) is 30.7 Å². The summed E-state index contributed by atoms with van der Waals surface area (Å²) < 4.78 is 5.14. The molecular formula is C13H15N3O. The van der Waals surface area contributed by atoms with Crippen LogP contribution in [0.5, 0.6) is 0 Å². The van der Waals surface area contributed by atoms with E-state index >= 15 is 0 Å². The number of hydrogen-bond donors (Lipinski definition) is 1. The van der Waals surface area contributed by atoms with E-state index in [2.05, 4.69) is 39.7 Å². The standard InChI is InChI=1S/C13H15N3O/c1-14-12-15-11(16-17-12)13(8-5-9-13)10-6-3-2-4-7-10/h2-4,6-7H,5,8-9H2,1H3,(H,14,15,16). The molecule has 0 spiro atoms. The van der Waals surface area contributed by atoms with Gasteiger partial charge in [0.15, 0.2) is 5.82 Å². The molecule has 1 heterocycles. The number of nitrogens with one attached hydrogen (secondary N) is 1. The van der Waals surface area contributed by atoms with Crippen LogP contribution in [-0.4, -0.2) is 17.2 Å². The smallest absolute Gasteiger partial charge is 0.321 e. The van der Waals surface area contributed by atoms with Crippen molar-refractivity contribution in [3.05, 3.63) is 41.7 Å². The Morgan fingerprint density at radius 2 is 2.00 bits per heavy atom. The van der Waals surface area contributed by atoms with Gasteiger partial charge >= 0.3 is 6.01 Å². The van der Waals surface area contributed by atoms with Gasteiger partial charge < -0.3 is 9.84 Å². The molecule has 0 unspecified atom stereocenters. The summed E-state index contributed by atoms with van der Waals surface area (Å²) in [6.07, 6.45) is 3.41. The molecule has 1 saturated carbocycles. The van der Waals surface area contributed by atoms with Gasteiger partial charge in [0.2, 0.25) is 0 Å². The Balaban J connectivity index is 2.02. The molecule has 1 aromatic heterocycles. The molecule has 0 amide bonds. The third kappa shape index (κ3) is 1.52. The molecule has 1 N–H and O–H groups in total. The van der Waals surface area contributed by atoms with Crippen LogP contribution in [0, 0.1) is 0 Å². The van der Waals surface area contributed by atoms with Crippen LogP contribution in [0.2, 0.25) is 0 Å². The number of hydrogen-bond acceptors (Lipinski definition) is 4. The summed E-state index contributed by atoms with van der Waals surface area (Å²) in [5.41, 5.74) is 1.26. The number of benzene rings is 1. The van der Waals surface area contributed by atoms with E-state index in [-0.39, 0.29) is 5.41 Å². The average Bonchev–Trinajstić information content (AvgIpc) is 2.78. The van der Waals surface area contributed by atoms with E-state index in [0.717, 1.165) is 18.7 Å². The van der Waals surface area contributed by atoms with Crippen molar-refractivity contribution in [1.82, 2.24) is 10.1 Å². The molecule has 0 bridgehead atoms. The van der Waals surface area contributed by atoms with Gasteiger partial charge in [-0.1, -0.05) is 41.9 Å². The molecule has 2 aromatic rings. The monoisotopic (exact) mass is 229 g/mol. The summed E-state index contributed by atoms with van der Waals surface area (Å²) in [4.78, 5) is 4.41. The fourth-order valence-corrected chi connectivity index (χ4v) is 2.45. The Labute approximate surface area is 100 Å². The van der Waals surface area contributed by atoms with Gasteiger partial charge in [0.1, 0.15) is 0 Å². The van der Waals surface area contributed by atoms with Gasteiger partial charge in [0.25, 0.3) is 0 Å². The van der Waals surface area contributed by atoms with E-state index in [1.54, 1.807) is 7.05 Å². The highest BCUT2D eigenvalue weighted by atomic mass is 16.5. The Morgan fingerprint density at radius 3 is 2.53 bits per heavy atom. The Bertz CT molecular complexity index is 502. The minimum atomic E-state index is -0.0279. The van der Waals surface area contributed by atoms with Gasteiger partial charge in [-0.25, -0.2) is 0 Å². The third-order valence-electron chi connectivity index (χ3n) is 3.60. The summed E-state index contributed by atoms with van der Waals surface area (Å²) in [6.45, 7) is 0. The summed E-state index contributed by atoms with van der Waals surface area (Å²) in [5.74, 6) is 0.805. The molecule has 1 aliphatic carbocycles. The van der Waals surface area contributed by atoms with E-state index in [1.165, 1.54) is 12.0 Å². The van der Waals surface area contributed by atoms with Gasteiger partial charge in [-0.05, 0) is 18.4 Å². The summed E-state index contributed by atoms with van der Waals surface area (Å²) >= 11 is 0. The molecule has 88 valence electrons. The second-order valence-electron chi connectivity index (χ2n) is 4.47. The number of rotatable bonds is 3. The maximum Gasteiger partial charge on any atom is 0.321 e. The highest BCUT2D eigenvalue weighted by Gasteiger charge is 2.44. The molecular weight excluding hydrogens is 214 g/mol. The van der Waals surface area contributed by atoms with Crippen molar-refractivity contribution >= 4 is 6.01 Å². The predicted octanol–water partition coefficient (Wildman–Crippen LogP) is 2.58. The summed E-state index contributed by atoms with van der Waals surface area (Å²) in [7, 11) is 1.78. The fraction of sp³-hybridized carbons (Fsp3) is 0.385. The van der Waals surface area contributed by atoms with Gasteiger partial charge in [-0.2, -0.15) is 4.98 Å². The Kier molecular flexibility index (Phi) is 2.35. The normalized spacial score (nSPS) is 17.5. The van der Waals surface area contributed by atoms with Gasteiger partial charge in [-0.3, -0.25) is 0 Å². The first-order valence-corrected chi connectivity index (χ1v) is 5.93. The highest BCUT2D eigenvalue weighted by Crippen LogP contribution is 2.47. The quantitative estimate of drug-likeness (QED) is 0.878. The fourth-order valence-electron chi connectivity index (χ4n) is 2.45. The van der Waals surface area contributed by atoms with Crippen molar-refractivity contribution in [3.63, 3.8) is 0 Å². The van der Waals surface area contributed by atoms with Crippen molar-refractivity contribution in [1.29, 1.82) is 0 Å². The maximum atomic E-state index is 5.14. The molecule has 4 heteroatoms. The highest BCUT2D eigenvalue weighted by molar-refractivity contribution is 5.36. The lowest BCUT2D eigenvalue weighted by Crippen LogP contribution is -2.36. The van der Waals surface area contributed by atoms with Crippen LogP contribution in [0.15, 0.2) is 34.9 Å². The zero-order chi connectivity index (χ0) is 11.7. The molecule has 17 heavy (non-hydrogen) atoms. The van der Waals surface area contributed by atoms with Crippen molar-refractivity contribution in [3.8, 4) is 0 Å². The molecule has 0 radical (unpaired) electrons. The largest absolute Gasteiger partial charge is 0.341 e. The SMILES string of the molecule is CNc1nc(C2(c3ccccc3)CCC2)no1. The van der Waals surface area contributed by atoms with E-state index in [9.17, 15) is 0 Å².